The Kier molecular flexibility index (Phi) is 3.51. The van der Waals surface area contributed by atoms with Crippen LogP contribution in [0.3, 0.4) is 0 Å². The highest BCUT2D eigenvalue weighted by Gasteiger charge is 2.11. The maximum Gasteiger partial charge on any atom is 0.163 e. The fourth-order valence-corrected chi connectivity index (χ4v) is 1.71. The van der Waals surface area contributed by atoms with E-state index in [4.69, 9.17) is 15.2 Å². The van der Waals surface area contributed by atoms with Crippen LogP contribution in [0, 0.1) is 0 Å². The van der Waals surface area contributed by atoms with Crippen LogP contribution in [0.2, 0.25) is 0 Å². The highest BCUT2D eigenvalue weighted by Crippen LogP contribution is 2.33. The second kappa shape index (κ2) is 5.07. The molecule has 0 aliphatic carbocycles. The van der Waals surface area contributed by atoms with Crippen LogP contribution in [0.4, 0.5) is 5.69 Å². The van der Waals surface area contributed by atoms with Gasteiger partial charge in [0, 0.05) is 38.3 Å². The lowest BCUT2D eigenvalue weighted by Crippen LogP contribution is -2.24. The van der Waals surface area contributed by atoms with Gasteiger partial charge in [0.25, 0.3) is 0 Å². The molecule has 0 atom stereocenters. The van der Waals surface area contributed by atoms with Gasteiger partial charge in [0.15, 0.2) is 11.5 Å². The van der Waals surface area contributed by atoms with E-state index in [-0.39, 0.29) is 0 Å². The molecular weight excluding hydrogens is 204 g/mol. The maximum absolute atomic E-state index is 5.63. The van der Waals surface area contributed by atoms with Crippen LogP contribution in [-0.2, 0) is 0 Å². The van der Waals surface area contributed by atoms with Crippen molar-refractivity contribution < 1.29 is 9.47 Å². The highest BCUT2D eigenvalue weighted by atomic mass is 16.5. The molecule has 0 radical (unpaired) electrons. The quantitative estimate of drug-likeness (QED) is 0.836. The predicted molar refractivity (Wildman–Crippen MR) is 64.4 cm³/mol. The van der Waals surface area contributed by atoms with Crippen molar-refractivity contribution in [2.75, 3.05) is 38.3 Å². The number of rotatable bonds is 3. The summed E-state index contributed by atoms with van der Waals surface area (Å²) in [6, 6.07) is 6.00. The lowest BCUT2D eigenvalue weighted by atomic mass is 10.2. The fourth-order valence-electron chi connectivity index (χ4n) is 1.71. The van der Waals surface area contributed by atoms with E-state index in [2.05, 4.69) is 4.90 Å². The van der Waals surface area contributed by atoms with Crippen LogP contribution in [0.25, 0.3) is 0 Å². The van der Waals surface area contributed by atoms with Crippen LogP contribution in [0.1, 0.15) is 6.42 Å². The zero-order valence-electron chi connectivity index (χ0n) is 9.61. The van der Waals surface area contributed by atoms with Crippen LogP contribution in [0.5, 0.6) is 11.5 Å². The number of ether oxygens (including phenoxy) is 2. The summed E-state index contributed by atoms with van der Waals surface area (Å²) in [5.41, 5.74) is 6.64. The molecule has 0 saturated heterocycles. The average Bonchev–Trinajstić information content (AvgIpc) is 2.53. The normalized spacial score (nSPS) is 14.4. The van der Waals surface area contributed by atoms with Crippen LogP contribution in [0.15, 0.2) is 18.2 Å². The van der Waals surface area contributed by atoms with Crippen molar-refractivity contribution in [3.8, 4) is 11.5 Å². The van der Waals surface area contributed by atoms with Crippen molar-refractivity contribution >= 4 is 5.69 Å². The Hall–Kier alpha value is -1.42. The largest absolute Gasteiger partial charge is 0.490 e. The smallest absolute Gasteiger partial charge is 0.163 e. The third-order valence-electron chi connectivity index (χ3n) is 2.64. The molecular formula is C12H18N2O2. The summed E-state index contributed by atoms with van der Waals surface area (Å²) in [4.78, 5) is 2.11. The topological polar surface area (TPSA) is 47.7 Å². The Bertz CT molecular complexity index is 355. The number of benzene rings is 1. The van der Waals surface area contributed by atoms with Crippen molar-refractivity contribution in [2.24, 2.45) is 5.73 Å². The molecule has 0 bridgehead atoms. The summed E-state index contributed by atoms with van der Waals surface area (Å²) >= 11 is 0. The zero-order chi connectivity index (χ0) is 11.4. The van der Waals surface area contributed by atoms with E-state index in [0.717, 1.165) is 43.4 Å². The maximum atomic E-state index is 5.63. The second-order valence-electron chi connectivity index (χ2n) is 3.89. The van der Waals surface area contributed by atoms with Crippen LogP contribution in [-0.4, -0.2) is 33.4 Å². The van der Waals surface area contributed by atoms with Crippen molar-refractivity contribution in [3.05, 3.63) is 18.2 Å². The minimum absolute atomic E-state index is 0.644. The molecule has 0 fully saturated rings. The third-order valence-corrected chi connectivity index (χ3v) is 2.64. The van der Waals surface area contributed by atoms with Gasteiger partial charge >= 0.3 is 0 Å². The summed E-state index contributed by atoms with van der Waals surface area (Å²) < 4.78 is 11.2. The van der Waals surface area contributed by atoms with Gasteiger partial charge in [0.1, 0.15) is 0 Å². The van der Waals surface area contributed by atoms with Gasteiger partial charge in [0.05, 0.1) is 13.2 Å². The van der Waals surface area contributed by atoms with Gasteiger partial charge in [0.2, 0.25) is 0 Å². The zero-order valence-corrected chi connectivity index (χ0v) is 9.61. The molecule has 1 aliphatic heterocycles. The van der Waals surface area contributed by atoms with Crippen LogP contribution < -0.4 is 20.1 Å². The number of nitrogens with two attached hydrogens (primary N) is 1. The van der Waals surface area contributed by atoms with Gasteiger partial charge in [-0.05, 0) is 12.1 Å². The van der Waals surface area contributed by atoms with E-state index in [1.54, 1.807) is 0 Å². The SMILES string of the molecule is CN(CCN)c1ccc2c(c1)OCCCO2. The molecule has 4 heteroatoms. The molecule has 88 valence electrons. The van der Waals surface area contributed by atoms with Crippen molar-refractivity contribution in [2.45, 2.75) is 6.42 Å². The molecule has 0 amide bonds. The lowest BCUT2D eigenvalue weighted by molar-refractivity contribution is 0.297. The molecule has 2 N–H and O–H groups in total. The molecule has 16 heavy (non-hydrogen) atoms. The van der Waals surface area contributed by atoms with Gasteiger partial charge < -0.3 is 20.1 Å². The summed E-state index contributed by atoms with van der Waals surface area (Å²) in [6.07, 6.45) is 0.933. The number of fused-ring (bicyclic) bond motifs is 1. The van der Waals surface area contributed by atoms with E-state index in [1.165, 1.54) is 0 Å². The molecule has 1 heterocycles. The number of anilines is 1. The van der Waals surface area contributed by atoms with Crippen LogP contribution >= 0.6 is 0 Å². The standard InChI is InChI=1S/C12H18N2O2/c1-14(6-5-13)10-3-4-11-12(9-10)16-8-2-7-15-11/h3-4,9H,2,5-8,13H2,1H3. The van der Waals surface area contributed by atoms with Gasteiger partial charge in [-0.25, -0.2) is 0 Å². The van der Waals surface area contributed by atoms with Crippen molar-refractivity contribution in [1.82, 2.24) is 0 Å². The number of likely N-dealkylation sites (N-methyl/N-ethyl adjacent to an activating group) is 1. The van der Waals surface area contributed by atoms with Crippen molar-refractivity contribution in [3.63, 3.8) is 0 Å². The van der Waals surface area contributed by atoms with Gasteiger partial charge in [-0.2, -0.15) is 0 Å². The Balaban J connectivity index is 2.20. The average molecular weight is 222 g/mol. The summed E-state index contributed by atoms with van der Waals surface area (Å²) in [5.74, 6) is 1.67. The number of nitrogens with zero attached hydrogens (tertiary/aromatic N) is 1. The Morgan fingerprint density at radius 3 is 2.75 bits per heavy atom. The Morgan fingerprint density at radius 2 is 2.00 bits per heavy atom. The molecule has 4 nitrogen and oxygen atoms in total. The molecule has 1 aromatic rings. The molecule has 2 rings (SSSR count). The number of hydrogen-bond donors (Lipinski definition) is 1. The van der Waals surface area contributed by atoms with Gasteiger partial charge in [-0.15, -0.1) is 0 Å². The first kappa shape index (κ1) is 11.1. The highest BCUT2D eigenvalue weighted by molar-refractivity contribution is 5.56. The van der Waals surface area contributed by atoms with Gasteiger partial charge in [-0.1, -0.05) is 0 Å². The third kappa shape index (κ3) is 2.39. The molecule has 0 unspecified atom stereocenters. The molecule has 0 aromatic heterocycles. The Morgan fingerprint density at radius 1 is 1.25 bits per heavy atom. The first-order chi connectivity index (χ1) is 7.81. The number of hydrogen-bond acceptors (Lipinski definition) is 4. The summed E-state index contributed by atoms with van der Waals surface area (Å²) in [5, 5.41) is 0. The van der Waals surface area contributed by atoms with E-state index < -0.39 is 0 Å². The van der Waals surface area contributed by atoms with Crippen molar-refractivity contribution in [1.29, 1.82) is 0 Å². The summed E-state index contributed by atoms with van der Waals surface area (Å²) in [7, 11) is 2.02. The minimum Gasteiger partial charge on any atom is -0.490 e. The summed E-state index contributed by atoms with van der Waals surface area (Å²) in [6.45, 7) is 2.92. The molecule has 0 saturated carbocycles. The Labute approximate surface area is 95.9 Å². The minimum atomic E-state index is 0.644. The lowest BCUT2D eigenvalue weighted by Gasteiger charge is -2.19. The van der Waals surface area contributed by atoms with E-state index in [0.29, 0.717) is 6.54 Å². The van der Waals surface area contributed by atoms with Gasteiger partial charge in [-0.3, -0.25) is 0 Å². The second-order valence-corrected chi connectivity index (χ2v) is 3.89. The fraction of sp³-hybridized carbons (Fsp3) is 0.500. The molecule has 0 spiro atoms. The molecule has 1 aliphatic rings. The van der Waals surface area contributed by atoms with E-state index in [9.17, 15) is 0 Å². The van der Waals surface area contributed by atoms with E-state index in [1.807, 2.05) is 25.2 Å². The molecule has 1 aromatic carbocycles. The predicted octanol–water partition coefficient (Wildman–Crippen LogP) is 1.24. The first-order valence-electron chi connectivity index (χ1n) is 5.62. The van der Waals surface area contributed by atoms with E-state index >= 15 is 0 Å². The monoisotopic (exact) mass is 222 g/mol. The first-order valence-corrected chi connectivity index (χ1v) is 5.62.